The van der Waals surface area contributed by atoms with Crippen LogP contribution in [-0.2, 0) is 15.7 Å². The number of aromatic nitrogens is 1. The van der Waals surface area contributed by atoms with Crippen molar-refractivity contribution in [2.75, 3.05) is 18.5 Å². The van der Waals surface area contributed by atoms with Crippen LogP contribution < -0.4 is 10.1 Å². The summed E-state index contributed by atoms with van der Waals surface area (Å²) in [4.78, 5) is 15.9. The first-order valence-electron chi connectivity index (χ1n) is 11.6. The van der Waals surface area contributed by atoms with E-state index in [2.05, 4.69) is 10.3 Å². The SMILES string of the molecule is O=C(Nc1c[nH]c2ccc(O[C@H]3C[C@H](c4ccc(C(F)(F)F)cc4)C3)cc12)C1CC2(COC2)C1. The molecule has 8 heteroatoms. The lowest BCUT2D eigenvalue weighted by molar-refractivity contribution is -0.181. The molecule has 34 heavy (non-hydrogen) atoms. The van der Waals surface area contributed by atoms with Gasteiger partial charge < -0.3 is 19.8 Å². The molecule has 2 N–H and O–H groups in total. The summed E-state index contributed by atoms with van der Waals surface area (Å²) in [5.74, 6) is 0.992. The molecule has 2 saturated carbocycles. The highest BCUT2D eigenvalue weighted by atomic mass is 19.4. The van der Waals surface area contributed by atoms with Crippen LogP contribution in [0.4, 0.5) is 18.9 Å². The zero-order valence-corrected chi connectivity index (χ0v) is 18.5. The van der Waals surface area contributed by atoms with E-state index >= 15 is 0 Å². The Kier molecular flexibility index (Phi) is 4.92. The van der Waals surface area contributed by atoms with Gasteiger partial charge in [-0.1, -0.05) is 12.1 Å². The monoisotopic (exact) mass is 470 g/mol. The van der Waals surface area contributed by atoms with Gasteiger partial charge in [-0.25, -0.2) is 0 Å². The number of hydrogen-bond donors (Lipinski definition) is 2. The number of carbonyl (C=O) groups excluding carboxylic acids is 1. The van der Waals surface area contributed by atoms with Gasteiger partial charge in [0.1, 0.15) is 5.75 Å². The number of alkyl halides is 3. The number of nitrogens with one attached hydrogen (secondary N) is 2. The molecule has 3 aliphatic rings. The lowest BCUT2D eigenvalue weighted by Gasteiger charge is -2.52. The van der Waals surface area contributed by atoms with Gasteiger partial charge in [0.15, 0.2) is 0 Å². The van der Waals surface area contributed by atoms with Crippen LogP contribution in [-0.4, -0.2) is 30.2 Å². The molecule has 1 saturated heterocycles. The Morgan fingerprint density at radius 1 is 1.09 bits per heavy atom. The first-order valence-corrected chi connectivity index (χ1v) is 11.6. The van der Waals surface area contributed by atoms with Gasteiger partial charge in [0.2, 0.25) is 5.91 Å². The predicted molar refractivity (Wildman–Crippen MR) is 121 cm³/mol. The fourth-order valence-corrected chi connectivity index (χ4v) is 5.38. The number of ether oxygens (including phenoxy) is 2. The summed E-state index contributed by atoms with van der Waals surface area (Å²) in [6.45, 7) is 1.54. The van der Waals surface area contributed by atoms with Crippen molar-refractivity contribution in [2.45, 2.75) is 43.9 Å². The molecule has 3 aromatic rings. The van der Waals surface area contributed by atoms with E-state index in [9.17, 15) is 18.0 Å². The van der Waals surface area contributed by atoms with Crippen LogP contribution in [0, 0.1) is 11.3 Å². The molecule has 1 aromatic heterocycles. The van der Waals surface area contributed by atoms with Crippen LogP contribution in [0.5, 0.6) is 5.75 Å². The van der Waals surface area contributed by atoms with Crippen molar-refractivity contribution >= 4 is 22.5 Å². The number of carbonyl (C=O) groups is 1. The van der Waals surface area contributed by atoms with E-state index in [1.807, 2.05) is 18.2 Å². The van der Waals surface area contributed by atoms with Crippen LogP contribution in [0.3, 0.4) is 0 Å². The Bertz CT molecular complexity index is 1220. The van der Waals surface area contributed by atoms with Gasteiger partial charge in [-0.15, -0.1) is 0 Å². The van der Waals surface area contributed by atoms with Gasteiger partial charge in [-0.3, -0.25) is 4.79 Å². The largest absolute Gasteiger partial charge is 0.490 e. The molecule has 2 aromatic carbocycles. The summed E-state index contributed by atoms with van der Waals surface area (Å²) >= 11 is 0. The maximum Gasteiger partial charge on any atom is 0.416 e. The Hall–Kier alpha value is -3.00. The van der Waals surface area contributed by atoms with Crippen molar-refractivity contribution in [1.82, 2.24) is 4.98 Å². The molecule has 1 amide bonds. The molecule has 3 fully saturated rings. The topological polar surface area (TPSA) is 63.4 Å². The minimum absolute atomic E-state index is 0.0117. The maximum absolute atomic E-state index is 12.8. The van der Waals surface area contributed by atoms with Crippen molar-refractivity contribution in [3.8, 4) is 5.75 Å². The second-order valence-corrected chi connectivity index (χ2v) is 10.0. The number of anilines is 1. The molecule has 5 nitrogen and oxygen atoms in total. The van der Waals surface area contributed by atoms with Crippen molar-refractivity contribution in [3.63, 3.8) is 0 Å². The molecule has 178 valence electrons. The van der Waals surface area contributed by atoms with Gasteiger partial charge in [0.05, 0.1) is 30.6 Å². The Balaban J connectivity index is 1.07. The normalized spacial score (nSPS) is 23.7. The first kappa shape index (κ1) is 21.5. The van der Waals surface area contributed by atoms with Crippen LogP contribution in [0.25, 0.3) is 10.9 Å². The van der Waals surface area contributed by atoms with Crippen LogP contribution in [0.1, 0.15) is 42.7 Å². The Labute approximate surface area is 194 Å². The highest BCUT2D eigenvalue weighted by Gasteiger charge is 2.52. The molecular weight excluding hydrogens is 445 g/mol. The minimum Gasteiger partial charge on any atom is -0.490 e. The Morgan fingerprint density at radius 3 is 2.47 bits per heavy atom. The maximum atomic E-state index is 12.8. The molecule has 0 radical (unpaired) electrons. The third kappa shape index (κ3) is 3.83. The summed E-state index contributed by atoms with van der Waals surface area (Å²) < 4.78 is 49.7. The summed E-state index contributed by atoms with van der Waals surface area (Å²) in [6, 6.07) is 11.2. The van der Waals surface area contributed by atoms with E-state index in [1.54, 1.807) is 18.3 Å². The molecular formula is C26H25F3N2O3. The van der Waals surface area contributed by atoms with Crippen molar-refractivity contribution in [2.24, 2.45) is 11.3 Å². The molecule has 0 atom stereocenters. The van der Waals surface area contributed by atoms with E-state index < -0.39 is 11.7 Å². The zero-order chi connectivity index (χ0) is 23.5. The van der Waals surface area contributed by atoms with Gasteiger partial charge >= 0.3 is 6.18 Å². The van der Waals surface area contributed by atoms with E-state index in [4.69, 9.17) is 9.47 Å². The minimum atomic E-state index is -4.31. The van der Waals surface area contributed by atoms with Crippen molar-refractivity contribution in [3.05, 3.63) is 59.8 Å². The quantitative estimate of drug-likeness (QED) is 0.490. The highest BCUT2D eigenvalue weighted by Crippen LogP contribution is 2.51. The summed E-state index contributed by atoms with van der Waals surface area (Å²) in [5, 5.41) is 3.95. The first-order chi connectivity index (χ1) is 16.3. The van der Waals surface area contributed by atoms with Gasteiger partial charge in [-0.2, -0.15) is 13.2 Å². The summed E-state index contributed by atoms with van der Waals surface area (Å²) in [5.41, 5.74) is 2.18. The zero-order valence-electron chi connectivity index (χ0n) is 18.5. The number of benzene rings is 2. The number of hydrogen-bond acceptors (Lipinski definition) is 3. The number of fused-ring (bicyclic) bond motifs is 1. The average Bonchev–Trinajstić information content (AvgIpc) is 3.10. The fraction of sp³-hybridized carbons (Fsp3) is 0.423. The van der Waals surface area contributed by atoms with E-state index in [0.29, 0.717) is 5.75 Å². The fourth-order valence-electron chi connectivity index (χ4n) is 5.38. The molecule has 0 bridgehead atoms. The molecule has 0 unspecified atom stereocenters. The van der Waals surface area contributed by atoms with Crippen LogP contribution >= 0.6 is 0 Å². The summed E-state index contributed by atoms with van der Waals surface area (Å²) in [7, 11) is 0. The van der Waals surface area contributed by atoms with Crippen molar-refractivity contribution in [1.29, 1.82) is 0 Å². The van der Waals surface area contributed by atoms with E-state index in [1.165, 1.54) is 0 Å². The number of aromatic amines is 1. The molecule has 6 rings (SSSR count). The van der Waals surface area contributed by atoms with Gasteiger partial charge in [0, 0.05) is 28.4 Å². The lowest BCUT2D eigenvalue weighted by Crippen LogP contribution is -2.54. The number of rotatable bonds is 5. The average molecular weight is 470 g/mol. The van der Waals surface area contributed by atoms with Crippen LogP contribution in [0.2, 0.25) is 0 Å². The molecule has 1 spiro atoms. The third-order valence-electron chi connectivity index (χ3n) is 7.56. The summed E-state index contributed by atoms with van der Waals surface area (Å²) in [6.07, 6.45) is 0.786. The third-order valence-corrected chi connectivity index (χ3v) is 7.56. The molecule has 2 heterocycles. The second-order valence-electron chi connectivity index (χ2n) is 10.0. The Morgan fingerprint density at radius 2 is 1.82 bits per heavy atom. The predicted octanol–water partition coefficient (Wildman–Crippen LogP) is 5.88. The van der Waals surface area contributed by atoms with Gasteiger partial charge in [-0.05, 0) is 67.5 Å². The van der Waals surface area contributed by atoms with Crippen LogP contribution in [0.15, 0.2) is 48.7 Å². The van der Waals surface area contributed by atoms with E-state index in [0.717, 1.165) is 73.2 Å². The molecule has 1 aliphatic heterocycles. The van der Waals surface area contributed by atoms with Gasteiger partial charge in [0.25, 0.3) is 0 Å². The number of amides is 1. The lowest BCUT2D eigenvalue weighted by atomic mass is 9.60. The highest BCUT2D eigenvalue weighted by molar-refractivity contribution is 6.03. The number of halogens is 3. The smallest absolute Gasteiger partial charge is 0.416 e. The second kappa shape index (κ2) is 7.77. The standard InChI is InChI=1S/C26H25F3N2O3/c27-26(28,29)18-3-1-15(2-4-18)16-7-20(8-16)34-19-5-6-22-21(9-19)23(12-30-22)31-24(32)17-10-25(11-17)13-33-14-25/h1-6,9,12,16-17,20,30H,7-8,10-11,13-14H2,(H,31,32)/t16-,20-. The number of H-pyrrole nitrogens is 1. The van der Waals surface area contributed by atoms with E-state index in [-0.39, 0.29) is 29.3 Å². The van der Waals surface area contributed by atoms with Crippen molar-refractivity contribution < 1.29 is 27.4 Å². The molecule has 2 aliphatic carbocycles.